The minimum Gasteiger partial charge on any atom is -0.508 e. The molecule has 2 aliphatic heterocycles. The zero-order valence-electron chi connectivity index (χ0n) is 19.1. The molecule has 8 heteroatoms. The first-order chi connectivity index (χ1) is 15.6. The Morgan fingerprint density at radius 3 is 2.61 bits per heavy atom. The summed E-state index contributed by atoms with van der Waals surface area (Å²) < 4.78 is 6.24. The highest BCUT2D eigenvalue weighted by molar-refractivity contribution is 6.05. The van der Waals surface area contributed by atoms with Crippen LogP contribution in [0, 0.1) is 29.6 Å². The van der Waals surface area contributed by atoms with E-state index in [0.717, 1.165) is 5.56 Å². The van der Waals surface area contributed by atoms with E-state index in [1.54, 1.807) is 18.2 Å². The van der Waals surface area contributed by atoms with Gasteiger partial charge in [-0.05, 0) is 49.3 Å². The molecule has 1 aliphatic carbocycles. The Balaban J connectivity index is 1.55. The predicted octanol–water partition coefficient (Wildman–Crippen LogP) is 3.08. The first-order valence-corrected chi connectivity index (χ1v) is 11.9. The Kier molecular flexibility index (Phi) is 6.51. The number of aliphatic carboxylic acids is 1. The fourth-order valence-electron chi connectivity index (χ4n) is 6.11. The molecular weight excluding hydrogens is 426 g/mol. The molecule has 1 aromatic carbocycles. The number of carboxylic acids is 1. The molecule has 8 nitrogen and oxygen atoms in total. The average Bonchev–Trinajstić information content (AvgIpc) is 3.22. The number of rotatable bonds is 8. The van der Waals surface area contributed by atoms with E-state index >= 15 is 0 Å². The molecule has 2 amide bonds. The van der Waals surface area contributed by atoms with Gasteiger partial charge in [0.15, 0.2) is 5.79 Å². The number of phenolic OH excluding ortho intramolecular Hbond substituents is 1. The lowest BCUT2D eigenvalue weighted by Crippen LogP contribution is -2.55. The van der Waals surface area contributed by atoms with Gasteiger partial charge in [0.2, 0.25) is 11.8 Å². The van der Waals surface area contributed by atoms with Crippen molar-refractivity contribution < 1.29 is 34.4 Å². The van der Waals surface area contributed by atoms with Crippen molar-refractivity contribution in [2.75, 3.05) is 6.54 Å². The van der Waals surface area contributed by atoms with Crippen LogP contribution in [0.15, 0.2) is 24.3 Å². The van der Waals surface area contributed by atoms with Crippen LogP contribution in [-0.4, -0.2) is 50.3 Å². The molecule has 0 unspecified atom stereocenters. The molecule has 1 aromatic rings. The molecule has 4 rings (SSSR count). The summed E-state index contributed by atoms with van der Waals surface area (Å²) >= 11 is 0. The van der Waals surface area contributed by atoms with E-state index in [2.05, 4.69) is 0 Å². The Labute approximate surface area is 193 Å². The monoisotopic (exact) mass is 459 g/mol. The van der Waals surface area contributed by atoms with Gasteiger partial charge in [0.25, 0.3) is 0 Å². The number of carboxylic acid groups (broad SMARTS) is 1. The largest absolute Gasteiger partial charge is 0.508 e. The van der Waals surface area contributed by atoms with Gasteiger partial charge in [0, 0.05) is 24.8 Å². The topological polar surface area (TPSA) is 124 Å². The summed E-state index contributed by atoms with van der Waals surface area (Å²) in [4.78, 5) is 38.6. The van der Waals surface area contributed by atoms with Crippen LogP contribution in [0.1, 0.15) is 64.0 Å². The fraction of sp³-hybridized carbons (Fsp3) is 0.640. The number of amides is 2. The number of ether oxygens (including phenoxy) is 1. The third-order valence-corrected chi connectivity index (χ3v) is 7.69. The van der Waals surface area contributed by atoms with Crippen LogP contribution in [0.4, 0.5) is 0 Å². The zero-order chi connectivity index (χ0) is 23.9. The standard InChI is InChI=1S/C25H33NO7/c1-14(2)18-12-17-22(24(31)26(23(17)30)10-5-3-4-9-21(28)29)19-13-20(33-25(18,19)32)15-7-6-8-16(27)11-15/h6-8,11,14,17-20,22,27,32H,3-5,9-10,12-13H2,1-2H3,(H,28,29)/t17-,18+,19-,20-,22-,25+/m0/s1. The third-order valence-electron chi connectivity index (χ3n) is 7.69. The lowest BCUT2D eigenvalue weighted by molar-refractivity contribution is -0.276. The van der Waals surface area contributed by atoms with E-state index in [9.17, 15) is 24.6 Å². The van der Waals surface area contributed by atoms with Gasteiger partial charge in [-0.1, -0.05) is 32.4 Å². The Morgan fingerprint density at radius 1 is 1.18 bits per heavy atom. The van der Waals surface area contributed by atoms with Gasteiger partial charge in [-0.3, -0.25) is 19.3 Å². The number of nitrogens with zero attached hydrogens (tertiary/aromatic N) is 1. The number of aromatic hydroxyl groups is 1. The summed E-state index contributed by atoms with van der Waals surface area (Å²) in [6.07, 6.45) is 2.10. The normalized spacial score (nSPS) is 33.5. The second-order valence-corrected chi connectivity index (χ2v) is 10.0. The summed E-state index contributed by atoms with van der Waals surface area (Å²) in [6, 6.07) is 6.73. The van der Waals surface area contributed by atoms with Crippen LogP contribution in [0.2, 0.25) is 0 Å². The summed E-state index contributed by atoms with van der Waals surface area (Å²) in [5.41, 5.74) is 0.740. The molecule has 3 fully saturated rings. The van der Waals surface area contributed by atoms with Crippen molar-refractivity contribution in [1.82, 2.24) is 4.90 Å². The molecule has 2 heterocycles. The van der Waals surface area contributed by atoms with Crippen molar-refractivity contribution in [3.05, 3.63) is 29.8 Å². The number of imide groups is 1. The number of hydrogen-bond donors (Lipinski definition) is 3. The summed E-state index contributed by atoms with van der Waals surface area (Å²) in [5.74, 6) is -4.55. The Hall–Kier alpha value is -2.45. The SMILES string of the molecule is CC(C)[C@H]1C[C@@H]2C(=O)N(CCCCCC(=O)O)C(=O)[C@@H]2[C@@H]2C[C@@H](c3cccc(O)c3)O[C@]12O. The maximum Gasteiger partial charge on any atom is 0.303 e. The van der Waals surface area contributed by atoms with Crippen LogP contribution in [0.5, 0.6) is 5.75 Å². The van der Waals surface area contributed by atoms with Crippen molar-refractivity contribution in [2.24, 2.45) is 29.6 Å². The molecule has 1 saturated carbocycles. The van der Waals surface area contributed by atoms with E-state index in [1.165, 1.54) is 4.90 Å². The van der Waals surface area contributed by atoms with Crippen molar-refractivity contribution in [3.8, 4) is 5.75 Å². The van der Waals surface area contributed by atoms with Crippen LogP contribution in [-0.2, 0) is 19.1 Å². The minimum atomic E-state index is -1.51. The van der Waals surface area contributed by atoms with Crippen molar-refractivity contribution in [1.29, 1.82) is 0 Å². The first-order valence-electron chi connectivity index (χ1n) is 11.9. The second kappa shape index (κ2) is 9.06. The van der Waals surface area contributed by atoms with Crippen molar-refractivity contribution in [2.45, 2.75) is 64.3 Å². The van der Waals surface area contributed by atoms with Crippen LogP contribution in [0.3, 0.4) is 0 Å². The molecule has 6 atom stereocenters. The molecule has 0 aromatic heterocycles. The second-order valence-electron chi connectivity index (χ2n) is 10.0. The molecule has 3 N–H and O–H groups in total. The molecule has 33 heavy (non-hydrogen) atoms. The number of carbonyl (C=O) groups is 3. The first kappa shape index (κ1) is 23.7. The van der Waals surface area contributed by atoms with Gasteiger partial charge in [-0.25, -0.2) is 0 Å². The van der Waals surface area contributed by atoms with E-state index in [-0.39, 0.29) is 42.4 Å². The van der Waals surface area contributed by atoms with Gasteiger partial charge in [-0.2, -0.15) is 0 Å². The molecule has 0 radical (unpaired) electrons. The number of carbonyl (C=O) groups excluding carboxylic acids is 2. The fourth-order valence-corrected chi connectivity index (χ4v) is 6.11. The number of fused-ring (bicyclic) bond motifs is 3. The van der Waals surface area contributed by atoms with E-state index in [4.69, 9.17) is 9.84 Å². The summed E-state index contributed by atoms with van der Waals surface area (Å²) in [6.45, 7) is 4.26. The van der Waals surface area contributed by atoms with Crippen molar-refractivity contribution in [3.63, 3.8) is 0 Å². The number of aliphatic hydroxyl groups is 1. The molecule has 180 valence electrons. The maximum absolute atomic E-state index is 13.4. The molecule has 0 spiro atoms. The molecular formula is C25H33NO7. The average molecular weight is 460 g/mol. The minimum absolute atomic E-state index is 0.0503. The lowest BCUT2D eigenvalue weighted by Gasteiger charge is -2.46. The number of phenols is 1. The maximum atomic E-state index is 13.4. The van der Waals surface area contributed by atoms with Crippen LogP contribution >= 0.6 is 0 Å². The van der Waals surface area contributed by atoms with Crippen LogP contribution < -0.4 is 0 Å². The smallest absolute Gasteiger partial charge is 0.303 e. The zero-order valence-corrected chi connectivity index (χ0v) is 19.1. The van der Waals surface area contributed by atoms with Gasteiger partial charge in [0.1, 0.15) is 5.75 Å². The summed E-state index contributed by atoms with van der Waals surface area (Å²) in [5, 5.41) is 30.4. The van der Waals surface area contributed by atoms with E-state index < -0.39 is 35.6 Å². The number of unbranched alkanes of at least 4 members (excludes halogenated alkanes) is 2. The highest BCUT2D eigenvalue weighted by Gasteiger charge is 2.66. The molecule has 0 bridgehead atoms. The van der Waals surface area contributed by atoms with Gasteiger partial charge in [-0.15, -0.1) is 0 Å². The van der Waals surface area contributed by atoms with Crippen LogP contribution in [0.25, 0.3) is 0 Å². The van der Waals surface area contributed by atoms with E-state index in [0.29, 0.717) is 32.1 Å². The number of likely N-dealkylation sites (tertiary alicyclic amines) is 1. The molecule has 2 saturated heterocycles. The molecule has 3 aliphatic rings. The highest BCUT2D eigenvalue weighted by atomic mass is 16.6. The predicted molar refractivity (Wildman–Crippen MR) is 118 cm³/mol. The quantitative estimate of drug-likeness (QED) is 0.403. The Bertz CT molecular complexity index is 931. The highest BCUT2D eigenvalue weighted by Crippen LogP contribution is 2.59. The van der Waals surface area contributed by atoms with Crippen molar-refractivity contribution >= 4 is 17.8 Å². The van der Waals surface area contributed by atoms with Gasteiger partial charge < -0.3 is 20.1 Å². The number of hydrogen-bond acceptors (Lipinski definition) is 6. The van der Waals surface area contributed by atoms with Gasteiger partial charge >= 0.3 is 5.97 Å². The Morgan fingerprint density at radius 2 is 1.94 bits per heavy atom. The third kappa shape index (κ3) is 4.26. The summed E-state index contributed by atoms with van der Waals surface area (Å²) in [7, 11) is 0. The van der Waals surface area contributed by atoms with E-state index in [1.807, 2.05) is 19.9 Å². The lowest BCUT2D eigenvalue weighted by atomic mass is 9.62. The number of benzene rings is 1. The van der Waals surface area contributed by atoms with Gasteiger partial charge in [0.05, 0.1) is 17.9 Å².